The fourth-order valence-corrected chi connectivity index (χ4v) is 4.30. The number of para-hydroxylation sites is 1. The molecule has 10 heteroatoms. The predicted octanol–water partition coefficient (Wildman–Crippen LogP) is 4.02. The van der Waals surface area contributed by atoms with Crippen LogP contribution in [0.15, 0.2) is 74.4 Å². The van der Waals surface area contributed by atoms with Crippen molar-refractivity contribution in [3.8, 4) is 11.5 Å². The first kappa shape index (κ1) is 21.3. The quantitative estimate of drug-likeness (QED) is 0.469. The first-order valence-corrected chi connectivity index (χ1v) is 11.1. The van der Waals surface area contributed by atoms with Gasteiger partial charge in [0.05, 0.1) is 16.1 Å². The molecule has 0 saturated heterocycles. The minimum absolute atomic E-state index is 0.0614. The lowest BCUT2D eigenvalue weighted by Gasteiger charge is -2.19. The van der Waals surface area contributed by atoms with Crippen molar-refractivity contribution in [2.75, 3.05) is 16.7 Å². The minimum Gasteiger partial charge on any atom is -0.466 e. The van der Waals surface area contributed by atoms with E-state index in [9.17, 15) is 13.2 Å². The number of furan rings is 1. The summed E-state index contributed by atoms with van der Waals surface area (Å²) in [5, 5.41) is 10.3. The number of carbonyl (C=O) groups excluding carboxylic acids is 1. The lowest BCUT2D eigenvalue weighted by Crippen LogP contribution is -2.26. The number of aryl methyl sites for hydroxylation is 2. The van der Waals surface area contributed by atoms with Gasteiger partial charge < -0.3 is 8.83 Å². The molecule has 164 valence electrons. The molecule has 0 unspecified atom stereocenters. The second-order valence-corrected chi connectivity index (χ2v) is 9.00. The van der Waals surface area contributed by atoms with E-state index < -0.39 is 15.9 Å². The van der Waals surface area contributed by atoms with Crippen molar-refractivity contribution in [2.24, 2.45) is 0 Å². The van der Waals surface area contributed by atoms with Crippen LogP contribution in [-0.4, -0.2) is 31.6 Å². The van der Waals surface area contributed by atoms with Crippen molar-refractivity contribution >= 4 is 27.6 Å². The molecule has 0 aliphatic heterocycles. The summed E-state index contributed by atoms with van der Waals surface area (Å²) in [5.74, 6) is 1.04. The Labute approximate surface area is 184 Å². The summed E-state index contributed by atoms with van der Waals surface area (Å²) in [6, 6.07) is 16.0. The van der Waals surface area contributed by atoms with E-state index in [0.717, 1.165) is 0 Å². The summed E-state index contributed by atoms with van der Waals surface area (Å²) in [6.45, 7) is 3.58. The molecular formula is C22H20N4O5S. The maximum atomic E-state index is 12.9. The van der Waals surface area contributed by atoms with E-state index in [2.05, 4.69) is 15.5 Å². The first-order valence-electron chi connectivity index (χ1n) is 9.62. The van der Waals surface area contributed by atoms with Crippen LogP contribution in [0.5, 0.6) is 0 Å². The number of carbonyl (C=O) groups is 1. The lowest BCUT2D eigenvalue weighted by molar-refractivity contribution is 0.102. The molecule has 0 bridgehead atoms. The van der Waals surface area contributed by atoms with Crippen LogP contribution in [0.1, 0.15) is 21.9 Å². The molecule has 0 radical (unpaired) electrons. The number of rotatable bonds is 6. The zero-order chi connectivity index (χ0) is 22.9. The van der Waals surface area contributed by atoms with Gasteiger partial charge in [0.2, 0.25) is 0 Å². The van der Waals surface area contributed by atoms with Crippen molar-refractivity contribution in [1.82, 2.24) is 10.2 Å². The number of hydrogen-bond acceptors (Lipinski definition) is 7. The van der Waals surface area contributed by atoms with Gasteiger partial charge in [0, 0.05) is 12.6 Å². The molecule has 4 rings (SSSR count). The summed E-state index contributed by atoms with van der Waals surface area (Å²) in [5.41, 5.74) is 1.42. The molecule has 2 aromatic heterocycles. The lowest BCUT2D eigenvalue weighted by atomic mass is 10.2. The van der Waals surface area contributed by atoms with Crippen LogP contribution in [0, 0.1) is 13.8 Å². The average Bonchev–Trinajstić information content (AvgIpc) is 3.39. The van der Waals surface area contributed by atoms with Crippen LogP contribution in [0.3, 0.4) is 0 Å². The fourth-order valence-electron chi connectivity index (χ4n) is 3.11. The highest BCUT2D eigenvalue weighted by molar-refractivity contribution is 7.92. The summed E-state index contributed by atoms with van der Waals surface area (Å²) in [4.78, 5) is 12.6. The highest BCUT2D eigenvalue weighted by Gasteiger charge is 2.22. The maximum Gasteiger partial charge on any atom is 0.322 e. The van der Waals surface area contributed by atoms with E-state index in [0.29, 0.717) is 22.8 Å². The monoisotopic (exact) mass is 452 g/mol. The number of nitrogens with one attached hydrogen (secondary N) is 1. The third-order valence-electron chi connectivity index (χ3n) is 4.81. The van der Waals surface area contributed by atoms with Crippen LogP contribution in [0.4, 0.5) is 11.7 Å². The van der Waals surface area contributed by atoms with Gasteiger partial charge in [-0.2, -0.15) is 0 Å². The number of nitrogens with zero attached hydrogens (tertiary/aromatic N) is 3. The Kier molecular flexibility index (Phi) is 5.54. The van der Waals surface area contributed by atoms with Gasteiger partial charge in [-0.05, 0) is 56.3 Å². The molecule has 9 nitrogen and oxygen atoms in total. The van der Waals surface area contributed by atoms with Gasteiger partial charge in [-0.15, -0.1) is 5.10 Å². The predicted molar refractivity (Wildman–Crippen MR) is 118 cm³/mol. The van der Waals surface area contributed by atoms with Gasteiger partial charge in [0.15, 0.2) is 0 Å². The molecule has 0 fully saturated rings. The van der Waals surface area contributed by atoms with Crippen LogP contribution >= 0.6 is 0 Å². The Balaban J connectivity index is 1.49. The molecule has 0 spiro atoms. The summed E-state index contributed by atoms with van der Waals surface area (Å²) < 4.78 is 37.8. The fraction of sp³-hybridized carbons (Fsp3) is 0.136. The van der Waals surface area contributed by atoms with Crippen LogP contribution in [0.2, 0.25) is 0 Å². The van der Waals surface area contributed by atoms with Gasteiger partial charge in [0.1, 0.15) is 11.5 Å². The molecule has 0 aliphatic rings. The van der Waals surface area contributed by atoms with E-state index in [1.165, 1.54) is 35.6 Å². The van der Waals surface area contributed by atoms with Crippen molar-refractivity contribution < 1.29 is 22.0 Å². The highest BCUT2D eigenvalue weighted by atomic mass is 32.2. The highest BCUT2D eigenvalue weighted by Crippen LogP contribution is 2.27. The Morgan fingerprint density at radius 3 is 2.28 bits per heavy atom. The van der Waals surface area contributed by atoms with Gasteiger partial charge in [-0.1, -0.05) is 23.3 Å². The normalized spacial score (nSPS) is 11.3. The average molecular weight is 452 g/mol. The number of sulfonamides is 1. The summed E-state index contributed by atoms with van der Waals surface area (Å²) in [6.07, 6.45) is 0. The third kappa shape index (κ3) is 4.12. The molecule has 0 saturated carbocycles. The molecule has 1 N–H and O–H groups in total. The smallest absolute Gasteiger partial charge is 0.322 e. The molecule has 32 heavy (non-hydrogen) atoms. The van der Waals surface area contributed by atoms with Gasteiger partial charge in [-0.3, -0.25) is 14.4 Å². The third-order valence-corrected chi connectivity index (χ3v) is 6.61. The van der Waals surface area contributed by atoms with E-state index >= 15 is 0 Å². The maximum absolute atomic E-state index is 12.9. The van der Waals surface area contributed by atoms with Crippen molar-refractivity contribution in [3.63, 3.8) is 0 Å². The number of aromatic nitrogens is 2. The second kappa shape index (κ2) is 8.31. The minimum atomic E-state index is -3.77. The first-order chi connectivity index (χ1) is 15.3. The van der Waals surface area contributed by atoms with E-state index in [1.54, 1.807) is 50.2 Å². The molecule has 2 aromatic carbocycles. The van der Waals surface area contributed by atoms with E-state index in [1.807, 2.05) is 0 Å². The molecule has 2 heterocycles. The summed E-state index contributed by atoms with van der Waals surface area (Å²) in [7, 11) is -2.30. The number of anilines is 2. The van der Waals surface area contributed by atoms with E-state index in [4.69, 9.17) is 8.83 Å². The Morgan fingerprint density at radius 2 is 1.66 bits per heavy atom. The molecule has 0 atom stereocenters. The zero-order valence-corrected chi connectivity index (χ0v) is 18.4. The van der Waals surface area contributed by atoms with Crippen molar-refractivity contribution in [2.45, 2.75) is 18.7 Å². The Hall–Kier alpha value is -3.92. The van der Waals surface area contributed by atoms with Crippen LogP contribution in [0.25, 0.3) is 11.5 Å². The molecular weight excluding hydrogens is 432 g/mol. The number of amides is 1. The zero-order valence-electron chi connectivity index (χ0n) is 17.6. The van der Waals surface area contributed by atoms with Crippen LogP contribution < -0.4 is 9.62 Å². The molecule has 1 amide bonds. The Morgan fingerprint density at radius 1 is 0.969 bits per heavy atom. The van der Waals surface area contributed by atoms with Gasteiger partial charge >= 0.3 is 6.01 Å². The largest absolute Gasteiger partial charge is 0.466 e. The van der Waals surface area contributed by atoms with Gasteiger partial charge in [0.25, 0.3) is 21.8 Å². The molecule has 4 aromatic rings. The topological polar surface area (TPSA) is 119 Å². The van der Waals surface area contributed by atoms with Crippen LogP contribution in [-0.2, 0) is 10.0 Å². The number of benzene rings is 2. The second-order valence-electron chi connectivity index (χ2n) is 7.03. The van der Waals surface area contributed by atoms with Crippen molar-refractivity contribution in [3.05, 3.63) is 77.7 Å². The Bertz CT molecular complexity index is 1360. The SMILES string of the molecule is Cc1cc(-c2nnc(NC(=O)c3ccc(S(=O)(=O)N(C)c4ccccc4)cc3)o2)c(C)o1. The van der Waals surface area contributed by atoms with Gasteiger partial charge in [-0.25, -0.2) is 8.42 Å². The van der Waals surface area contributed by atoms with E-state index in [-0.39, 0.29) is 22.4 Å². The standard InChI is InChI=1S/C22H20N4O5S/c1-14-13-19(15(2)30-14)21-24-25-22(31-21)23-20(27)16-9-11-18(12-10-16)32(28,29)26(3)17-7-5-4-6-8-17/h4-13H,1-3H3,(H,23,25,27). The molecule has 0 aliphatic carbocycles. The van der Waals surface area contributed by atoms with Crippen molar-refractivity contribution in [1.29, 1.82) is 0 Å². The number of hydrogen-bond donors (Lipinski definition) is 1. The summed E-state index contributed by atoms with van der Waals surface area (Å²) >= 11 is 0.